The summed E-state index contributed by atoms with van der Waals surface area (Å²) in [6.07, 6.45) is 6.22. The zero-order valence-corrected chi connectivity index (χ0v) is 15.6. The van der Waals surface area contributed by atoms with E-state index in [-0.39, 0.29) is 0 Å². The van der Waals surface area contributed by atoms with Gasteiger partial charge in [-0.25, -0.2) is 9.97 Å². The topological polar surface area (TPSA) is 57.2 Å². The van der Waals surface area contributed by atoms with Crippen molar-refractivity contribution < 1.29 is 0 Å². The first kappa shape index (κ1) is 17.4. The maximum absolute atomic E-state index is 4.83. The van der Waals surface area contributed by atoms with Gasteiger partial charge in [-0.2, -0.15) is 0 Å². The van der Waals surface area contributed by atoms with Crippen LogP contribution in [-0.2, 0) is 0 Å². The van der Waals surface area contributed by atoms with Gasteiger partial charge in [0.15, 0.2) is 5.82 Å². The Morgan fingerprint density at radius 1 is 1.04 bits per heavy atom. The van der Waals surface area contributed by atoms with E-state index in [1.165, 1.54) is 32.5 Å². The van der Waals surface area contributed by atoms with E-state index < -0.39 is 0 Å². The summed E-state index contributed by atoms with van der Waals surface area (Å²) in [5, 5.41) is 3.46. The molecule has 2 saturated heterocycles. The molecule has 2 aromatic rings. The minimum atomic E-state index is 0.791. The second kappa shape index (κ2) is 8.10. The number of piperazine rings is 1. The van der Waals surface area contributed by atoms with Crippen LogP contribution in [0.2, 0.25) is 0 Å². The predicted octanol–water partition coefficient (Wildman–Crippen LogP) is 1.97. The van der Waals surface area contributed by atoms with Crippen LogP contribution in [0, 0.1) is 12.8 Å². The van der Waals surface area contributed by atoms with E-state index in [0.717, 1.165) is 55.0 Å². The van der Waals surface area contributed by atoms with Crippen molar-refractivity contribution in [1.29, 1.82) is 0 Å². The summed E-state index contributed by atoms with van der Waals surface area (Å²) >= 11 is 0. The van der Waals surface area contributed by atoms with Gasteiger partial charge in [-0.1, -0.05) is 0 Å². The molecule has 0 spiro atoms. The van der Waals surface area contributed by atoms with Crippen LogP contribution < -0.4 is 10.2 Å². The Kier molecular flexibility index (Phi) is 5.41. The highest BCUT2D eigenvalue weighted by atomic mass is 15.3. The predicted molar refractivity (Wildman–Crippen MR) is 104 cm³/mol. The van der Waals surface area contributed by atoms with Gasteiger partial charge in [-0.3, -0.25) is 9.88 Å². The molecular formula is C20H28N6. The van der Waals surface area contributed by atoms with Gasteiger partial charge >= 0.3 is 0 Å². The maximum Gasteiger partial charge on any atom is 0.161 e. The first-order valence-electron chi connectivity index (χ1n) is 9.72. The van der Waals surface area contributed by atoms with Crippen LogP contribution in [0.5, 0.6) is 0 Å². The molecule has 0 bridgehead atoms. The molecule has 0 saturated carbocycles. The first-order valence-corrected chi connectivity index (χ1v) is 9.72. The van der Waals surface area contributed by atoms with Crippen molar-refractivity contribution >= 4 is 5.82 Å². The summed E-state index contributed by atoms with van der Waals surface area (Å²) in [7, 11) is 0. The van der Waals surface area contributed by atoms with Crippen molar-refractivity contribution in [2.75, 3.05) is 50.7 Å². The number of hydrogen-bond donors (Lipinski definition) is 1. The van der Waals surface area contributed by atoms with Gasteiger partial charge in [0.25, 0.3) is 0 Å². The number of aryl methyl sites for hydroxylation is 1. The van der Waals surface area contributed by atoms with Crippen molar-refractivity contribution in [3.05, 3.63) is 36.3 Å². The number of pyridine rings is 1. The third-order valence-corrected chi connectivity index (χ3v) is 5.45. The Hall–Kier alpha value is -2.05. The molecule has 26 heavy (non-hydrogen) atoms. The third kappa shape index (κ3) is 4.19. The van der Waals surface area contributed by atoms with Crippen molar-refractivity contribution in [2.45, 2.75) is 19.8 Å². The van der Waals surface area contributed by atoms with Gasteiger partial charge in [0.2, 0.25) is 0 Å². The highest BCUT2D eigenvalue weighted by Gasteiger charge is 2.22. The third-order valence-electron chi connectivity index (χ3n) is 5.45. The van der Waals surface area contributed by atoms with Crippen LogP contribution >= 0.6 is 0 Å². The molecule has 2 aromatic heterocycles. The Balaban J connectivity index is 1.40. The SMILES string of the molecule is Cc1cc(N2CCN(CC3CCNCC3)CC2)nc(-c2ccncc2)n1. The molecular weight excluding hydrogens is 324 g/mol. The fourth-order valence-corrected chi connectivity index (χ4v) is 3.93. The van der Waals surface area contributed by atoms with Crippen molar-refractivity contribution in [3.63, 3.8) is 0 Å². The zero-order chi connectivity index (χ0) is 17.8. The standard InChI is InChI=1S/C20H28N6/c1-16-14-19(24-20(23-16)18-4-8-22-9-5-18)26-12-10-25(11-13-26)15-17-2-6-21-7-3-17/h4-5,8-9,14,17,21H,2-3,6-7,10-13,15H2,1H3. The van der Waals surface area contributed by atoms with Crippen molar-refractivity contribution in [3.8, 4) is 11.4 Å². The largest absolute Gasteiger partial charge is 0.354 e. The summed E-state index contributed by atoms with van der Waals surface area (Å²) in [6.45, 7) is 9.98. The smallest absolute Gasteiger partial charge is 0.161 e. The molecule has 2 aliphatic heterocycles. The van der Waals surface area contributed by atoms with Crippen LogP contribution in [0.4, 0.5) is 5.82 Å². The summed E-state index contributed by atoms with van der Waals surface area (Å²) in [4.78, 5) is 18.6. The molecule has 0 unspecified atom stereocenters. The van der Waals surface area contributed by atoms with Crippen LogP contribution in [-0.4, -0.2) is 65.7 Å². The van der Waals surface area contributed by atoms with Gasteiger partial charge < -0.3 is 10.2 Å². The summed E-state index contributed by atoms with van der Waals surface area (Å²) in [5.41, 5.74) is 2.04. The number of anilines is 1. The van der Waals surface area contributed by atoms with Gasteiger partial charge in [0, 0.05) is 62.4 Å². The molecule has 0 radical (unpaired) electrons. The van der Waals surface area contributed by atoms with E-state index in [1.54, 1.807) is 12.4 Å². The van der Waals surface area contributed by atoms with Crippen molar-refractivity contribution in [2.24, 2.45) is 5.92 Å². The van der Waals surface area contributed by atoms with Crippen LogP contribution in [0.1, 0.15) is 18.5 Å². The normalized spacial score (nSPS) is 19.7. The number of hydrogen-bond acceptors (Lipinski definition) is 6. The molecule has 2 fully saturated rings. The fraction of sp³-hybridized carbons (Fsp3) is 0.550. The van der Waals surface area contributed by atoms with E-state index >= 15 is 0 Å². The lowest BCUT2D eigenvalue weighted by atomic mass is 9.97. The quantitative estimate of drug-likeness (QED) is 0.908. The Morgan fingerprint density at radius 2 is 1.77 bits per heavy atom. The molecule has 0 amide bonds. The van der Waals surface area contributed by atoms with E-state index in [0.29, 0.717) is 0 Å². The maximum atomic E-state index is 4.83. The van der Waals surface area contributed by atoms with Crippen LogP contribution in [0.3, 0.4) is 0 Å². The molecule has 6 heteroatoms. The molecule has 6 nitrogen and oxygen atoms in total. The molecule has 0 atom stereocenters. The Bertz CT molecular complexity index is 705. The second-order valence-corrected chi connectivity index (χ2v) is 7.41. The summed E-state index contributed by atoms with van der Waals surface area (Å²) in [5.74, 6) is 2.70. The average Bonchev–Trinajstić information content (AvgIpc) is 2.70. The number of nitrogens with zero attached hydrogens (tertiary/aromatic N) is 5. The van der Waals surface area contributed by atoms with Gasteiger partial charge in [-0.15, -0.1) is 0 Å². The molecule has 2 aliphatic rings. The molecule has 0 aromatic carbocycles. The number of rotatable bonds is 4. The molecule has 4 heterocycles. The van der Waals surface area contributed by atoms with E-state index in [4.69, 9.17) is 4.98 Å². The minimum Gasteiger partial charge on any atom is -0.354 e. The van der Waals surface area contributed by atoms with Crippen LogP contribution in [0.25, 0.3) is 11.4 Å². The van der Waals surface area contributed by atoms with E-state index in [2.05, 4.69) is 31.2 Å². The van der Waals surface area contributed by atoms with E-state index in [9.17, 15) is 0 Å². The lowest BCUT2D eigenvalue weighted by molar-refractivity contribution is 0.196. The zero-order valence-electron chi connectivity index (χ0n) is 15.6. The lowest BCUT2D eigenvalue weighted by Gasteiger charge is -2.38. The van der Waals surface area contributed by atoms with Gasteiger partial charge in [0.1, 0.15) is 5.82 Å². The Labute approximate surface area is 155 Å². The van der Waals surface area contributed by atoms with Gasteiger partial charge in [0.05, 0.1) is 0 Å². The summed E-state index contributed by atoms with van der Waals surface area (Å²) in [6, 6.07) is 6.04. The first-order chi connectivity index (χ1) is 12.8. The summed E-state index contributed by atoms with van der Waals surface area (Å²) < 4.78 is 0. The minimum absolute atomic E-state index is 0.791. The second-order valence-electron chi connectivity index (χ2n) is 7.41. The highest BCUT2D eigenvalue weighted by Crippen LogP contribution is 2.21. The average molecular weight is 352 g/mol. The fourth-order valence-electron chi connectivity index (χ4n) is 3.93. The van der Waals surface area contributed by atoms with Crippen molar-refractivity contribution in [1.82, 2.24) is 25.2 Å². The van der Waals surface area contributed by atoms with Crippen LogP contribution in [0.15, 0.2) is 30.6 Å². The molecule has 4 rings (SSSR count). The Morgan fingerprint density at radius 3 is 2.50 bits per heavy atom. The number of aromatic nitrogens is 3. The lowest BCUT2D eigenvalue weighted by Crippen LogP contribution is -2.49. The van der Waals surface area contributed by atoms with Gasteiger partial charge in [-0.05, 0) is 50.9 Å². The molecule has 0 aliphatic carbocycles. The number of piperidine rings is 1. The molecule has 138 valence electrons. The van der Waals surface area contributed by atoms with E-state index in [1.807, 2.05) is 19.1 Å². The number of nitrogens with one attached hydrogen (secondary N) is 1. The molecule has 1 N–H and O–H groups in total. The highest BCUT2D eigenvalue weighted by molar-refractivity contribution is 5.57. The monoisotopic (exact) mass is 352 g/mol.